The number of hydrogen-bond donors (Lipinski definition) is 0. The van der Waals surface area contributed by atoms with Crippen LogP contribution in [0.4, 0.5) is 0 Å². The van der Waals surface area contributed by atoms with Crippen LogP contribution in [0.3, 0.4) is 0 Å². The molecule has 0 aliphatic carbocycles. The first-order valence-electron chi connectivity index (χ1n) is 4.21. The maximum absolute atomic E-state index is 11.1. The fourth-order valence-electron chi connectivity index (χ4n) is 0.712. The van der Waals surface area contributed by atoms with Crippen LogP contribution in [0.1, 0.15) is 26.7 Å². The SMILES string of the molecule is CCCCS(=O)CC(=O)OCC. The lowest BCUT2D eigenvalue weighted by molar-refractivity contribution is -0.139. The molecule has 0 bridgehead atoms. The lowest BCUT2D eigenvalue weighted by Gasteiger charge is -2.00. The molecule has 12 heavy (non-hydrogen) atoms. The molecule has 0 aromatic carbocycles. The minimum absolute atomic E-state index is 0.0494. The van der Waals surface area contributed by atoms with Crippen molar-refractivity contribution >= 4 is 16.8 Å². The molecule has 0 aliphatic rings. The van der Waals surface area contributed by atoms with Crippen molar-refractivity contribution in [2.75, 3.05) is 18.1 Å². The highest BCUT2D eigenvalue weighted by molar-refractivity contribution is 7.85. The molecule has 0 aromatic rings. The van der Waals surface area contributed by atoms with Gasteiger partial charge in [-0.25, -0.2) is 0 Å². The Hall–Kier alpha value is -0.380. The number of ether oxygens (including phenoxy) is 1. The summed E-state index contributed by atoms with van der Waals surface area (Å²) in [6.45, 7) is 4.14. The van der Waals surface area contributed by atoms with Crippen molar-refractivity contribution in [1.29, 1.82) is 0 Å². The lowest BCUT2D eigenvalue weighted by atomic mass is 10.4. The highest BCUT2D eigenvalue weighted by atomic mass is 32.2. The standard InChI is InChI=1S/C8H16O3S/c1-3-5-6-12(10)7-8(9)11-4-2/h3-7H2,1-2H3. The van der Waals surface area contributed by atoms with E-state index in [2.05, 4.69) is 4.74 Å². The first kappa shape index (κ1) is 11.6. The van der Waals surface area contributed by atoms with E-state index < -0.39 is 10.8 Å². The Balaban J connectivity index is 3.47. The van der Waals surface area contributed by atoms with Crippen molar-refractivity contribution < 1.29 is 13.7 Å². The smallest absolute Gasteiger partial charge is 0.318 e. The Kier molecular flexibility index (Phi) is 7.05. The average Bonchev–Trinajstić information content (AvgIpc) is 2.01. The highest BCUT2D eigenvalue weighted by Gasteiger charge is 2.07. The molecule has 0 saturated carbocycles. The van der Waals surface area contributed by atoms with Gasteiger partial charge in [-0.1, -0.05) is 13.3 Å². The highest BCUT2D eigenvalue weighted by Crippen LogP contribution is 1.93. The van der Waals surface area contributed by atoms with E-state index in [1.54, 1.807) is 6.92 Å². The summed E-state index contributed by atoms with van der Waals surface area (Å²) in [5.74, 6) is 0.301. The summed E-state index contributed by atoms with van der Waals surface area (Å²) in [6, 6.07) is 0. The van der Waals surface area contributed by atoms with Gasteiger partial charge in [0.05, 0.1) is 6.61 Å². The van der Waals surface area contributed by atoms with Crippen LogP contribution in [0.15, 0.2) is 0 Å². The molecule has 72 valence electrons. The van der Waals surface area contributed by atoms with E-state index in [1.165, 1.54) is 0 Å². The maximum Gasteiger partial charge on any atom is 0.318 e. The van der Waals surface area contributed by atoms with Gasteiger partial charge in [0, 0.05) is 16.6 Å². The minimum Gasteiger partial charge on any atom is -0.465 e. The number of carbonyl (C=O) groups is 1. The van der Waals surface area contributed by atoms with Crippen molar-refractivity contribution in [2.45, 2.75) is 26.7 Å². The third-order valence-corrected chi connectivity index (χ3v) is 2.61. The van der Waals surface area contributed by atoms with Gasteiger partial charge in [0.2, 0.25) is 0 Å². The number of hydrogen-bond acceptors (Lipinski definition) is 3. The summed E-state index contributed by atoms with van der Waals surface area (Å²) in [6.07, 6.45) is 1.92. The van der Waals surface area contributed by atoms with Gasteiger partial charge < -0.3 is 4.74 Å². The zero-order chi connectivity index (χ0) is 9.40. The van der Waals surface area contributed by atoms with Crippen LogP contribution in [-0.2, 0) is 20.3 Å². The second kappa shape index (κ2) is 7.28. The van der Waals surface area contributed by atoms with Gasteiger partial charge in [-0.3, -0.25) is 9.00 Å². The summed E-state index contributed by atoms with van der Waals surface area (Å²) in [4.78, 5) is 10.8. The molecule has 0 saturated heterocycles. The number of unbranched alkanes of at least 4 members (excludes halogenated alkanes) is 1. The molecule has 0 rings (SSSR count). The fraction of sp³-hybridized carbons (Fsp3) is 0.875. The summed E-state index contributed by atoms with van der Waals surface area (Å²) >= 11 is 0. The van der Waals surface area contributed by atoms with E-state index in [-0.39, 0.29) is 11.7 Å². The zero-order valence-corrected chi connectivity index (χ0v) is 8.49. The van der Waals surface area contributed by atoms with Gasteiger partial charge >= 0.3 is 5.97 Å². The van der Waals surface area contributed by atoms with Crippen molar-refractivity contribution in [3.8, 4) is 0 Å². The Labute approximate surface area is 75.9 Å². The third kappa shape index (κ3) is 6.34. The normalized spacial score (nSPS) is 12.5. The Morgan fingerprint density at radius 1 is 1.42 bits per heavy atom. The summed E-state index contributed by atoms with van der Waals surface area (Å²) < 4.78 is 15.8. The van der Waals surface area contributed by atoms with Crippen LogP contribution in [0, 0.1) is 0 Å². The van der Waals surface area contributed by atoms with Gasteiger partial charge in [-0.2, -0.15) is 0 Å². The second-order valence-corrected chi connectivity index (χ2v) is 4.02. The Morgan fingerprint density at radius 3 is 2.58 bits per heavy atom. The topological polar surface area (TPSA) is 43.4 Å². The minimum atomic E-state index is -1.03. The van der Waals surface area contributed by atoms with Crippen LogP contribution < -0.4 is 0 Å². The molecule has 0 spiro atoms. The molecule has 3 nitrogen and oxygen atoms in total. The molecule has 1 atom stereocenters. The molecular weight excluding hydrogens is 176 g/mol. The molecular formula is C8H16O3S. The second-order valence-electron chi connectivity index (χ2n) is 2.45. The molecule has 0 N–H and O–H groups in total. The number of esters is 1. The zero-order valence-electron chi connectivity index (χ0n) is 7.67. The van der Waals surface area contributed by atoms with E-state index >= 15 is 0 Å². The predicted molar refractivity (Wildman–Crippen MR) is 49.4 cm³/mol. The summed E-state index contributed by atoms with van der Waals surface area (Å²) in [7, 11) is -1.03. The molecule has 4 heteroatoms. The van der Waals surface area contributed by atoms with E-state index in [0.717, 1.165) is 12.8 Å². The average molecular weight is 192 g/mol. The van der Waals surface area contributed by atoms with Gasteiger partial charge in [0.15, 0.2) is 0 Å². The van der Waals surface area contributed by atoms with Crippen LogP contribution in [0.25, 0.3) is 0 Å². The summed E-state index contributed by atoms with van der Waals surface area (Å²) in [5, 5.41) is 0. The Morgan fingerprint density at radius 2 is 2.08 bits per heavy atom. The largest absolute Gasteiger partial charge is 0.465 e. The van der Waals surface area contributed by atoms with Crippen molar-refractivity contribution in [3.63, 3.8) is 0 Å². The van der Waals surface area contributed by atoms with E-state index in [4.69, 9.17) is 0 Å². The van der Waals surface area contributed by atoms with Gasteiger partial charge in [-0.15, -0.1) is 0 Å². The molecule has 1 unspecified atom stereocenters. The lowest BCUT2D eigenvalue weighted by Crippen LogP contribution is -2.15. The van der Waals surface area contributed by atoms with Crippen LogP contribution in [-0.4, -0.2) is 28.3 Å². The third-order valence-electron chi connectivity index (χ3n) is 1.31. The molecule has 0 radical (unpaired) electrons. The number of carbonyl (C=O) groups excluding carboxylic acids is 1. The number of rotatable bonds is 6. The van der Waals surface area contributed by atoms with E-state index in [0.29, 0.717) is 12.4 Å². The first-order chi connectivity index (χ1) is 5.70. The van der Waals surface area contributed by atoms with E-state index in [1.807, 2.05) is 6.92 Å². The molecule has 0 fully saturated rings. The van der Waals surface area contributed by atoms with Gasteiger partial charge in [0.25, 0.3) is 0 Å². The van der Waals surface area contributed by atoms with Crippen molar-refractivity contribution in [2.24, 2.45) is 0 Å². The van der Waals surface area contributed by atoms with Gasteiger partial charge in [0.1, 0.15) is 5.75 Å². The molecule has 0 amide bonds. The summed E-state index contributed by atoms with van der Waals surface area (Å²) in [5.41, 5.74) is 0. The predicted octanol–water partition coefficient (Wildman–Crippen LogP) is 1.10. The van der Waals surface area contributed by atoms with Gasteiger partial charge in [-0.05, 0) is 13.3 Å². The Bertz CT molecular complexity index is 156. The van der Waals surface area contributed by atoms with Crippen molar-refractivity contribution in [1.82, 2.24) is 0 Å². The monoisotopic (exact) mass is 192 g/mol. The quantitative estimate of drug-likeness (QED) is 0.592. The maximum atomic E-state index is 11.1. The van der Waals surface area contributed by atoms with Crippen molar-refractivity contribution in [3.05, 3.63) is 0 Å². The molecule has 0 aliphatic heterocycles. The molecule has 0 aromatic heterocycles. The van der Waals surface area contributed by atoms with Crippen LogP contribution in [0.5, 0.6) is 0 Å². The first-order valence-corrected chi connectivity index (χ1v) is 5.70. The fourth-order valence-corrected chi connectivity index (χ4v) is 1.81. The van der Waals surface area contributed by atoms with Crippen LogP contribution in [0.2, 0.25) is 0 Å². The van der Waals surface area contributed by atoms with Crippen LogP contribution >= 0.6 is 0 Å². The molecule has 0 heterocycles. The van der Waals surface area contributed by atoms with E-state index in [9.17, 15) is 9.00 Å².